The third-order valence-corrected chi connectivity index (χ3v) is 2.22. The van der Waals surface area contributed by atoms with E-state index in [1.54, 1.807) is 12.4 Å². The van der Waals surface area contributed by atoms with Gasteiger partial charge >= 0.3 is 0 Å². The van der Waals surface area contributed by atoms with Gasteiger partial charge in [0.25, 0.3) is 0 Å². The van der Waals surface area contributed by atoms with Gasteiger partial charge in [0, 0.05) is 22.4 Å². The summed E-state index contributed by atoms with van der Waals surface area (Å²) in [7, 11) is 0. The van der Waals surface area contributed by atoms with Crippen LogP contribution in [0.25, 0.3) is 0 Å². The van der Waals surface area contributed by atoms with E-state index in [9.17, 15) is 0 Å². The highest BCUT2D eigenvalue weighted by Crippen LogP contribution is 2.15. The summed E-state index contributed by atoms with van der Waals surface area (Å²) in [5, 5.41) is 12.1. The van der Waals surface area contributed by atoms with E-state index in [1.807, 2.05) is 6.07 Å². The Bertz CT molecular complexity index is 332. The van der Waals surface area contributed by atoms with Gasteiger partial charge in [-0.1, -0.05) is 6.92 Å². The molecule has 0 aliphatic rings. The molecular formula is C10H12BrN3. The van der Waals surface area contributed by atoms with Crippen molar-refractivity contribution in [2.24, 2.45) is 0 Å². The molecule has 1 rings (SSSR count). The third kappa shape index (κ3) is 3.09. The van der Waals surface area contributed by atoms with E-state index in [0.717, 1.165) is 23.0 Å². The van der Waals surface area contributed by atoms with Crippen LogP contribution >= 0.6 is 15.9 Å². The fourth-order valence-corrected chi connectivity index (χ4v) is 1.50. The molecule has 1 unspecified atom stereocenters. The standard InChI is InChI=1S/C10H12BrN3/c1-2-3-14-10(5-12)8-4-9(11)7-13-6-8/h4,6-7,10,14H,2-3H2,1H3. The van der Waals surface area contributed by atoms with Gasteiger partial charge in [-0.3, -0.25) is 10.3 Å². The van der Waals surface area contributed by atoms with Crippen molar-refractivity contribution in [2.75, 3.05) is 6.54 Å². The number of aromatic nitrogens is 1. The van der Waals surface area contributed by atoms with E-state index in [4.69, 9.17) is 5.26 Å². The molecule has 1 aromatic rings. The third-order valence-electron chi connectivity index (χ3n) is 1.79. The molecule has 0 spiro atoms. The molecule has 74 valence electrons. The largest absolute Gasteiger partial charge is 0.298 e. The van der Waals surface area contributed by atoms with Crippen molar-refractivity contribution in [1.29, 1.82) is 5.26 Å². The van der Waals surface area contributed by atoms with Crippen LogP contribution in [-0.4, -0.2) is 11.5 Å². The van der Waals surface area contributed by atoms with E-state index in [1.165, 1.54) is 0 Å². The summed E-state index contributed by atoms with van der Waals surface area (Å²) < 4.78 is 0.897. The number of pyridine rings is 1. The summed E-state index contributed by atoms with van der Waals surface area (Å²) in [6, 6.07) is 3.85. The van der Waals surface area contributed by atoms with Gasteiger partial charge in [0.1, 0.15) is 6.04 Å². The highest BCUT2D eigenvalue weighted by molar-refractivity contribution is 9.10. The Kier molecular flexibility index (Phi) is 4.57. The van der Waals surface area contributed by atoms with Crippen LogP contribution in [0, 0.1) is 11.3 Å². The summed E-state index contributed by atoms with van der Waals surface area (Å²) in [5.41, 5.74) is 0.898. The Hall–Kier alpha value is -0.920. The van der Waals surface area contributed by atoms with Gasteiger partial charge in [-0.15, -0.1) is 0 Å². The number of nitrogens with one attached hydrogen (secondary N) is 1. The predicted octanol–water partition coefficient (Wildman–Crippen LogP) is 2.41. The zero-order valence-electron chi connectivity index (χ0n) is 8.00. The van der Waals surface area contributed by atoms with Crippen LogP contribution in [0.4, 0.5) is 0 Å². The fraction of sp³-hybridized carbons (Fsp3) is 0.400. The lowest BCUT2D eigenvalue weighted by Crippen LogP contribution is -2.20. The molecule has 0 saturated heterocycles. The highest BCUT2D eigenvalue weighted by atomic mass is 79.9. The molecule has 0 fully saturated rings. The van der Waals surface area contributed by atoms with Crippen LogP contribution < -0.4 is 5.32 Å². The predicted molar refractivity (Wildman–Crippen MR) is 58.6 cm³/mol. The maximum Gasteiger partial charge on any atom is 0.122 e. The van der Waals surface area contributed by atoms with Gasteiger partial charge in [-0.25, -0.2) is 0 Å². The van der Waals surface area contributed by atoms with Crippen LogP contribution in [-0.2, 0) is 0 Å². The molecule has 0 aliphatic carbocycles. The lowest BCUT2D eigenvalue weighted by atomic mass is 10.1. The van der Waals surface area contributed by atoms with Crippen molar-refractivity contribution in [2.45, 2.75) is 19.4 Å². The number of nitriles is 1. The number of hydrogen-bond acceptors (Lipinski definition) is 3. The Morgan fingerprint density at radius 3 is 3.00 bits per heavy atom. The summed E-state index contributed by atoms with van der Waals surface area (Å²) in [5.74, 6) is 0. The molecule has 1 N–H and O–H groups in total. The molecule has 0 bridgehead atoms. The first-order chi connectivity index (χ1) is 6.77. The van der Waals surface area contributed by atoms with Crippen molar-refractivity contribution >= 4 is 15.9 Å². The van der Waals surface area contributed by atoms with E-state index in [-0.39, 0.29) is 6.04 Å². The lowest BCUT2D eigenvalue weighted by molar-refractivity contribution is 0.619. The molecule has 3 nitrogen and oxygen atoms in total. The maximum absolute atomic E-state index is 8.94. The minimum atomic E-state index is -0.264. The maximum atomic E-state index is 8.94. The van der Waals surface area contributed by atoms with Crippen molar-refractivity contribution in [3.8, 4) is 6.07 Å². The molecule has 0 aliphatic heterocycles. The Balaban J connectivity index is 2.75. The van der Waals surface area contributed by atoms with Gasteiger partial charge in [0.2, 0.25) is 0 Å². The highest BCUT2D eigenvalue weighted by Gasteiger charge is 2.09. The molecule has 1 aromatic heterocycles. The molecule has 0 radical (unpaired) electrons. The summed E-state index contributed by atoms with van der Waals surface area (Å²) in [6.07, 6.45) is 4.43. The Morgan fingerprint density at radius 2 is 2.43 bits per heavy atom. The number of hydrogen-bond donors (Lipinski definition) is 1. The van der Waals surface area contributed by atoms with Gasteiger partial charge in [0.05, 0.1) is 6.07 Å². The van der Waals surface area contributed by atoms with Gasteiger partial charge in [0.15, 0.2) is 0 Å². The smallest absolute Gasteiger partial charge is 0.122 e. The molecule has 1 heterocycles. The SMILES string of the molecule is CCCNC(C#N)c1cncc(Br)c1. The zero-order valence-corrected chi connectivity index (χ0v) is 9.58. The number of rotatable bonds is 4. The minimum Gasteiger partial charge on any atom is -0.298 e. The first kappa shape index (κ1) is 11.2. The zero-order chi connectivity index (χ0) is 10.4. The number of halogens is 1. The van der Waals surface area contributed by atoms with Crippen molar-refractivity contribution in [1.82, 2.24) is 10.3 Å². The molecule has 0 saturated carbocycles. The molecule has 1 atom stereocenters. The molecule has 14 heavy (non-hydrogen) atoms. The van der Waals surface area contributed by atoms with Crippen molar-refractivity contribution < 1.29 is 0 Å². The molecule has 4 heteroatoms. The van der Waals surface area contributed by atoms with Crippen molar-refractivity contribution in [3.05, 3.63) is 28.5 Å². The van der Waals surface area contributed by atoms with Crippen molar-refractivity contribution in [3.63, 3.8) is 0 Å². The number of nitrogens with zero attached hydrogens (tertiary/aromatic N) is 2. The molecular weight excluding hydrogens is 242 g/mol. The summed E-state index contributed by atoms with van der Waals surface area (Å²) in [6.45, 7) is 2.91. The quantitative estimate of drug-likeness (QED) is 0.897. The Morgan fingerprint density at radius 1 is 1.64 bits per heavy atom. The second kappa shape index (κ2) is 5.74. The second-order valence-electron chi connectivity index (χ2n) is 2.95. The van der Waals surface area contributed by atoms with E-state index in [0.29, 0.717) is 0 Å². The summed E-state index contributed by atoms with van der Waals surface area (Å²) in [4.78, 5) is 4.02. The van der Waals surface area contributed by atoms with Crippen LogP contribution in [0.15, 0.2) is 22.9 Å². The average Bonchev–Trinajstić information content (AvgIpc) is 2.19. The van der Waals surface area contributed by atoms with E-state index < -0.39 is 0 Å². The second-order valence-corrected chi connectivity index (χ2v) is 3.87. The first-order valence-electron chi connectivity index (χ1n) is 4.51. The lowest BCUT2D eigenvalue weighted by Gasteiger charge is -2.10. The van der Waals surface area contributed by atoms with Crippen LogP contribution in [0.5, 0.6) is 0 Å². The van der Waals surface area contributed by atoms with Crippen LogP contribution in [0.2, 0.25) is 0 Å². The topological polar surface area (TPSA) is 48.7 Å². The fourth-order valence-electron chi connectivity index (χ4n) is 1.11. The van der Waals surface area contributed by atoms with E-state index in [2.05, 4.69) is 39.2 Å². The van der Waals surface area contributed by atoms with Gasteiger partial charge in [-0.2, -0.15) is 5.26 Å². The molecule has 0 aromatic carbocycles. The molecule has 0 amide bonds. The van der Waals surface area contributed by atoms with Crippen LogP contribution in [0.3, 0.4) is 0 Å². The normalized spacial score (nSPS) is 12.1. The van der Waals surface area contributed by atoms with E-state index >= 15 is 0 Å². The summed E-state index contributed by atoms with van der Waals surface area (Å²) >= 11 is 3.33. The van der Waals surface area contributed by atoms with Gasteiger partial charge in [-0.05, 0) is 35.0 Å². The minimum absolute atomic E-state index is 0.264. The average molecular weight is 254 g/mol. The first-order valence-corrected chi connectivity index (χ1v) is 5.30. The van der Waals surface area contributed by atoms with Crippen LogP contribution in [0.1, 0.15) is 24.9 Å². The monoisotopic (exact) mass is 253 g/mol. The van der Waals surface area contributed by atoms with Gasteiger partial charge < -0.3 is 0 Å². The Labute approximate surface area is 92.3 Å².